The molecule has 1 atom stereocenters. The number of carbonyl (C=O) groups excluding carboxylic acids is 2. The molecule has 126 valence electrons. The van der Waals surface area contributed by atoms with Gasteiger partial charge in [-0.15, -0.1) is 0 Å². The third kappa shape index (κ3) is 3.45. The number of hydrogen-bond acceptors (Lipinski definition) is 5. The van der Waals surface area contributed by atoms with E-state index in [0.29, 0.717) is 24.5 Å². The van der Waals surface area contributed by atoms with E-state index in [1.807, 2.05) is 18.2 Å². The topological polar surface area (TPSA) is 88.3 Å². The van der Waals surface area contributed by atoms with Crippen LogP contribution in [0, 0.1) is 6.92 Å². The second kappa shape index (κ2) is 6.82. The van der Waals surface area contributed by atoms with E-state index in [-0.39, 0.29) is 17.9 Å². The van der Waals surface area contributed by atoms with Crippen molar-refractivity contribution in [3.63, 3.8) is 0 Å². The second-order valence-corrected chi connectivity index (χ2v) is 5.94. The summed E-state index contributed by atoms with van der Waals surface area (Å²) < 4.78 is 5.01. The number of nitrogens with zero attached hydrogens (tertiary/aromatic N) is 3. The van der Waals surface area contributed by atoms with E-state index in [4.69, 9.17) is 4.52 Å². The fourth-order valence-electron chi connectivity index (χ4n) is 2.93. The lowest BCUT2D eigenvalue weighted by Crippen LogP contribution is -2.31. The Labute approximate surface area is 140 Å². The van der Waals surface area contributed by atoms with Crippen molar-refractivity contribution >= 4 is 11.8 Å². The molecule has 2 aromatic rings. The Morgan fingerprint density at radius 2 is 2.25 bits per heavy atom. The van der Waals surface area contributed by atoms with Crippen LogP contribution in [0.25, 0.3) is 0 Å². The van der Waals surface area contributed by atoms with Crippen molar-refractivity contribution < 1.29 is 14.1 Å². The van der Waals surface area contributed by atoms with Crippen molar-refractivity contribution in [3.8, 4) is 0 Å². The molecule has 0 bridgehead atoms. The molecule has 2 aromatic heterocycles. The molecule has 1 aliphatic rings. The van der Waals surface area contributed by atoms with Crippen LogP contribution in [0.4, 0.5) is 0 Å². The van der Waals surface area contributed by atoms with Crippen molar-refractivity contribution in [2.45, 2.75) is 39.3 Å². The van der Waals surface area contributed by atoms with Gasteiger partial charge in [0.1, 0.15) is 5.76 Å². The van der Waals surface area contributed by atoms with Gasteiger partial charge in [-0.1, -0.05) is 11.2 Å². The second-order valence-electron chi connectivity index (χ2n) is 5.94. The van der Waals surface area contributed by atoms with Gasteiger partial charge in [0.2, 0.25) is 5.91 Å². The van der Waals surface area contributed by atoms with Gasteiger partial charge in [0.15, 0.2) is 5.69 Å². The highest BCUT2D eigenvalue weighted by Gasteiger charge is 2.32. The van der Waals surface area contributed by atoms with Gasteiger partial charge in [-0.3, -0.25) is 14.6 Å². The average molecular weight is 328 g/mol. The molecule has 3 heterocycles. The monoisotopic (exact) mass is 328 g/mol. The molecule has 1 aliphatic heterocycles. The number of nitrogens with one attached hydrogen (secondary N) is 1. The van der Waals surface area contributed by atoms with Crippen molar-refractivity contribution in [1.29, 1.82) is 0 Å². The molecule has 2 amide bonds. The fraction of sp³-hybridized carbons (Fsp3) is 0.412. The Bertz CT molecular complexity index is 756. The average Bonchev–Trinajstić information content (AvgIpc) is 3.21. The summed E-state index contributed by atoms with van der Waals surface area (Å²) in [6, 6.07) is 7.26. The molecule has 0 aromatic carbocycles. The molecule has 1 fully saturated rings. The van der Waals surface area contributed by atoms with Crippen LogP contribution in [-0.2, 0) is 11.3 Å². The molecular formula is C17H20N4O3. The Balaban J connectivity index is 1.79. The third-order valence-electron chi connectivity index (χ3n) is 4.05. The molecule has 24 heavy (non-hydrogen) atoms. The number of hydrogen-bond donors (Lipinski definition) is 1. The van der Waals surface area contributed by atoms with Crippen LogP contribution in [0.2, 0.25) is 0 Å². The first-order valence-corrected chi connectivity index (χ1v) is 7.99. The van der Waals surface area contributed by atoms with Crippen molar-refractivity contribution in [2.75, 3.05) is 6.54 Å². The first kappa shape index (κ1) is 16.2. The molecule has 7 nitrogen and oxygen atoms in total. The Morgan fingerprint density at radius 1 is 1.42 bits per heavy atom. The number of likely N-dealkylation sites (tertiary alicyclic amines) is 1. The van der Waals surface area contributed by atoms with E-state index < -0.39 is 0 Å². The Morgan fingerprint density at radius 3 is 2.96 bits per heavy atom. The molecule has 0 aliphatic carbocycles. The predicted molar refractivity (Wildman–Crippen MR) is 86.0 cm³/mol. The number of pyridine rings is 1. The van der Waals surface area contributed by atoms with E-state index in [1.165, 1.54) is 6.92 Å². The number of carbonyl (C=O) groups is 2. The van der Waals surface area contributed by atoms with Crippen LogP contribution in [-0.4, -0.2) is 33.4 Å². The molecule has 1 saturated heterocycles. The van der Waals surface area contributed by atoms with Gasteiger partial charge in [0.05, 0.1) is 24.0 Å². The largest absolute Gasteiger partial charge is 0.361 e. The van der Waals surface area contributed by atoms with Crippen LogP contribution >= 0.6 is 0 Å². The van der Waals surface area contributed by atoms with Gasteiger partial charge in [0.25, 0.3) is 5.91 Å². The summed E-state index contributed by atoms with van der Waals surface area (Å²) in [5.74, 6) is 0.384. The highest BCUT2D eigenvalue weighted by atomic mass is 16.5. The summed E-state index contributed by atoms with van der Waals surface area (Å²) in [6.45, 7) is 4.29. The lowest BCUT2D eigenvalue weighted by atomic mass is 10.1. The Kier molecular flexibility index (Phi) is 4.59. The van der Waals surface area contributed by atoms with E-state index in [0.717, 1.165) is 24.2 Å². The van der Waals surface area contributed by atoms with E-state index >= 15 is 0 Å². The van der Waals surface area contributed by atoms with Crippen molar-refractivity contribution in [2.24, 2.45) is 0 Å². The summed E-state index contributed by atoms with van der Waals surface area (Å²) >= 11 is 0. The maximum atomic E-state index is 12.7. The molecular weight excluding hydrogens is 308 g/mol. The third-order valence-corrected chi connectivity index (χ3v) is 4.05. The van der Waals surface area contributed by atoms with Gasteiger partial charge in [-0.2, -0.15) is 0 Å². The van der Waals surface area contributed by atoms with E-state index in [2.05, 4.69) is 15.5 Å². The zero-order chi connectivity index (χ0) is 17.1. The van der Waals surface area contributed by atoms with Crippen LogP contribution in [0.5, 0.6) is 0 Å². The van der Waals surface area contributed by atoms with E-state index in [9.17, 15) is 9.59 Å². The first-order valence-electron chi connectivity index (χ1n) is 7.99. The Hall–Kier alpha value is -2.70. The lowest BCUT2D eigenvalue weighted by Gasteiger charge is -2.23. The molecule has 3 rings (SSSR count). The molecule has 0 unspecified atom stereocenters. The first-order chi connectivity index (χ1) is 11.5. The van der Waals surface area contributed by atoms with Crippen LogP contribution in [0.1, 0.15) is 53.4 Å². The fourth-order valence-corrected chi connectivity index (χ4v) is 2.93. The number of amides is 2. The van der Waals surface area contributed by atoms with Gasteiger partial charge in [-0.05, 0) is 31.9 Å². The number of rotatable bonds is 4. The minimum absolute atomic E-state index is 0.0771. The summed E-state index contributed by atoms with van der Waals surface area (Å²) in [5.41, 5.74) is 1.94. The summed E-state index contributed by atoms with van der Waals surface area (Å²) in [4.78, 5) is 30.1. The highest BCUT2D eigenvalue weighted by molar-refractivity contribution is 5.92. The molecule has 1 N–H and O–H groups in total. The minimum Gasteiger partial charge on any atom is -0.361 e. The predicted octanol–water partition coefficient (Wildman–Crippen LogP) is 1.99. The summed E-state index contributed by atoms with van der Waals surface area (Å²) in [6.07, 6.45) is 1.78. The van der Waals surface area contributed by atoms with Gasteiger partial charge < -0.3 is 14.7 Å². The maximum Gasteiger partial charge on any atom is 0.276 e. The maximum absolute atomic E-state index is 12.7. The van der Waals surface area contributed by atoms with Gasteiger partial charge >= 0.3 is 0 Å². The molecule has 0 spiro atoms. The van der Waals surface area contributed by atoms with Crippen molar-refractivity contribution in [1.82, 2.24) is 20.4 Å². The number of aromatic nitrogens is 2. The van der Waals surface area contributed by atoms with Gasteiger partial charge in [0, 0.05) is 19.5 Å². The van der Waals surface area contributed by atoms with Crippen molar-refractivity contribution in [3.05, 3.63) is 47.1 Å². The smallest absolute Gasteiger partial charge is 0.276 e. The van der Waals surface area contributed by atoms with Crippen LogP contribution < -0.4 is 5.32 Å². The normalized spacial score (nSPS) is 17.1. The standard InChI is InChI=1S/C17H20N4O3/c1-11-9-15(20-24-11)17(23)21-8-4-7-16(21)14-6-3-5-13(19-14)10-18-12(2)22/h3,5-6,9,16H,4,7-8,10H2,1-2H3,(H,18,22)/t16-/m0/s1. The number of aryl methyl sites for hydroxylation is 1. The van der Waals surface area contributed by atoms with Gasteiger partial charge in [-0.25, -0.2) is 0 Å². The van der Waals surface area contributed by atoms with Crippen LogP contribution in [0.3, 0.4) is 0 Å². The molecule has 0 radical (unpaired) electrons. The molecule has 0 saturated carbocycles. The summed E-state index contributed by atoms with van der Waals surface area (Å²) in [7, 11) is 0. The van der Waals surface area contributed by atoms with E-state index in [1.54, 1.807) is 17.9 Å². The SMILES string of the molecule is CC(=O)NCc1cccc([C@@H]2CCCN2C(=O)c2cc(C)on2)n1. The van der Waals surface area contributed by atoms with Crippen LogP contribution in [0.15, 0.2) is 28.8 Å². The summed E-state index contributed by atoms with van der Waals surface area (Å²) in [5, 5.41) is 6.56. The lowest BCUT2D eigenvalue weighted by molar-refractivity contribution is -0.119. The zero-order valence-electron chi connectivity index (χ0n) is 13.8. The minimum atomic E-state index is -0.136. The molecule has 7 heteroatoms. The quantitative estimate of drug-likeness (QED) is 0.927. The zero-order valence-corrected chi connectivity index (χ0v) is 13.8. The highest BCUT2D eigenvalue weighted by Crippen LogP contribution is 2.32.